The number of hydrogen-bond acceptors (Lipinski definition) is 2. The average Bonchev–Trinajstić information content (AvgIpc) is 2.10. The molecule has 1 aromatic rings. The summed E-state index contributed by atoms with van der Waals surface area (Å²) in [5.74, 6) is -0.288. The maximum atomic E-state index is 13.4. The highest BCUT2D eigenvalue weighted by atomic mass is 79.9. The lowest BCUT2D eigenvalue weighted by molar-refractivity contribution is 0.562. The molecule has 0 bridgehead atoms. The van der Waals surface area contributed by atoms with Gasteiger partial charge in [-0.25, -0.2) is 4.39 Å². The van der Waals surface area contributed by atoms with Gasteiger partial charge in [-0.05, 0) is 35.0 Å². The molecule has 0 unspecified atom stereocenters. The van der Waals surface area contributed by atoms with Crippen molar-refractivity contribution in [1.29, 1.82) is 0 Å². The molecule has 0 amide bonds. The molecular weight excluding hydrogens is 235 g/mol. The molecule has 72 valence electrons. The Bertz CT molecular complexity index is 291. The summed E-state index contributed by atoms with van der Waals surface area (Å²) in [7, 11) is 0. The third kappa shape index (κ3) is 2.49. The first-order valence-corrected chi connectivity index (χ1v) is 4.85. The van der Waals surface area contributed by atoms with E-state index >= 15 is 0 Å². The Morgan fingerprint density at radius 2 is 2.15 bits per heavy atom. The van der Waals surface area contributed by atoms with Crippen LogP contribution >= 0.6 is 15.9 Å². The quantitative estimate of drug-likeness (QED) is 0.857. The van der Waals surface area contributed by atoms with Gasteiger partial charge in [0.1, 0.15) is 5.82 Å². The Balaban J connectivity index is 2.93. The lowest BCUT2D eigenvalue weighted by atomic mass is 10.0. The van der Waals surface area contributed by atoms with Crippen LogP contribution in [0.2, 0.25) is 0 Å². The number of hydrogen-bond donors (Lipinski definition) is 2. The second-order valence-corrected chi connectivity index (χ2v) is 3.68. The number of benzene rings is 1. The molecule has 4 heteroatoms. The predicted octanol–water partition coefficient (Wildman–Crippen LogP) is 1.94. The van der Waals surface area contributed by atoms with Gasteiger partial charge >= 0.3 is 0 Å². The van der Waals surface area contributed by atoms with Gasteiger partial charge < -0.3 is 11.5 Å². The number of nitrogens with two attached hydrogens (primary N) is 2. The molecule has 1 aromatic carbocycles. The molecule has 2 nitrogen and oxygen atoms in total. The summed E-state index contributed by atoms with van der Waals surface area (Å²) in [4.78, 5) is 0. The minimum Gasteiger partial charge on any atom is -0.330 e. The lowest BCUT2D eigenvalue weighted by Crippen LogP contribution is -2.16. The summed E-state index contributed by atoms with van der Waals surface area (Å²) in [6.45, 7) is 0.465. The van der Waals surface area contributed by atoms with Crippen molar-refractivity contribution in [2.75, 3.05) is 6.54 Å². The first-order valence-electron chi connectivity index (χ1n) is 4.06. The highest BCUT2D eigenvalue weighted by molar-refractivity contribution is 9.10. The smallest absolute Gasteiger partial charge is 0.142 e. The average molecular weight is 247 g/mol. The molecule has 4 N–H and O–H groups in total. The van der Waals surface area contributed by atoms with Crippen molar-refractivity contribution in [2.45, 2.75) is 12.5 Å². The molecule has 0 saturated carbocycles. The Morgan fingerprint density at radius 1 is 1.46 bits per heavy atom. The van der Waals surface area contributed by atoms with E-state index in [4.69, 9.17) is 11.5 Å². The molecule has 0 saturated heterocycles. The maximum Gasteiger partial charge on any atom is 0.142 e. The number of halogens is 2. The van der Waals surface area contributed by atoms with Crippen LogP contribution in [0.5, 0.6) is 0 Å². The van der Waals surface area contributed by atoms with Crippen LogP contribution in [-0.2, 0) is 0 Å². The van der Waals surface area contributed by atoms with Crippen LogP contribution in [0.15, 0.2) is 22.7 Å². The molecule has 1 rings (SSSR count). The standard InChI is InChI=1S/C9H12BrFN2/c10-7-3-1-2-6(9(7)11)8(13)4-5-12/h1-3,8H,4-5,12-13H2/t8-/m0/s1. The van der Waals surface area contributed by atoms with Crippen LogP contribution in [-0.4, -0.2) is 6.54 Å². The molecule has 0 spiro atoms. The largest absolute Gasteiger partial charge is 0.330 e. The Morgan fingerprint density at radius 3 is 2.77 bits per heavy atom. The van der Waals surface area contributed by atoms with E-state index in [1.165, 1.54) is 0 Å². The van der Waals surface area contributed by atoms with Gasteiger partial charge in [0.05, 0.1) is 4.47 Å². The molecule has 0 aliphatic rings. The molecule has 0 aromatic heterocycles. The van der Waals surface area contributed by atoms with Crippen molar-refractivity contribution in [1.82, 2.24) is 0 Å². The van der Waals surface area contributed by atoms with E-state index in [9.17, 15) is 4.39 Å². The SMILES string of the molecule is NCC[C@H](N)c1cccc(Br)c1F. The van der Waals surface area contributed by atoms with E-state index in [0.29, 0.717) is 23.0 Å². The van der Waals surface area contributed by atoms with E-state index in [0.717, 1.165) is 0 Å². The fourth-order valence-electron chi connectivity index (χ4n) is 1.14. The van der Waals surface area contributed by atoms with Gasteiger partial charge in [-0.15, -0.1) is 0 Å². The van der Waals surface area contributed by atoms with Crippen LogP contribution in [0.4, 0.5) is 4.39 Å². The second kappa shape index (κ2) is 4.69. The molecule has 0 aliphatic heterocycles. The monoisotopic (exact) mass is 246 g/mol. The third-order valence-corrected chi connectivity index (χ3v) is 2.47. The minimum atomic E-state index is -0.317. The first kappa shape index (κ1) is 10.6. The van der Waals surface area contributed by atoms with Crippen molar-refractivity contribution < 1.29 is 4.39 Å². The van der Waals surface area contributed by atoms with Crippen LogP contribution in [0.3, 0.4) is 0 Å². The molecule has 13 heavy (non-hydrogen) atoms. The summed E-state index contributed by atoms with van der Waals surface area (Å²) in [6.07, 6.45) is 0.591. The fourth-order valence-corrected chi connectivity index (χ4v) is 1.52. The molecule has 0 radical (unpaired) electrons. The maximum absolute atomic E-state index is 13.4. The minimum absolute atomic E-state index is 0.288. The zero-order valence-corrected chi connectivity index (χ0v) is 8.72. The number of rotatable bonds is 3. The molecule has 0 aliphatic carbocycles. The van der Waals surface area contributed by atoms with E-state index in [-0.39, 0.29) is 11.9 Å². The Labute approximate surface area is 85.2 Å². The molecular formula is C9H12BrFN2. The lowest BCUT2D eigenvalue weighted by Gasteiger charge is -2.11. The normalized spacial score (nSPS) is 12.9. The summed E-state index contributed by atoms with van der Waals surface area (Å²) >= 11 is 3.10. The van der Waals surface area contributed by atoms with Gasteiger partial charge in [0.15, 0.2) is 0 Å². The van der Waals surface area contributed by atoms with E-state index < -0.39 is 0 Å². The highest BCUT2D eigenvalue weighted by Crippen LogP contribution is 2.23. The van der Waals surface area contributed by atoms with Gasteiger partial charge in [0, 0.05) is 11.6 Å². The Kier molecular flexibility index (Phi) is 3.84. The van der Waals surface area contributed by atoms with Crippen molar-refractivity contribution in [3.8, 4) is 0 Å². The topological polar surface area (TPSA) is 52.0 Å². The van der Waals surface area contributed by atoms with Gasteiger partial charge in [0.25, 0.3) is 0 Å². The van der Waals surface area contributed by atoms with Crippen molar-refractivity contribution >= 4 is 15.9 Å². The molecule has 0 fully saturated rings. The summed E-state index contributed by atoms with van der Waals surface area (Å²) in [5, 5.41) is 0. The second-order valence-electron chi connectivity index (χ2n) is 2.83. The van der Waals surface area contributed by atoms with Crippen LogP contribution in [0, 0.1) is 5.82 Å². The zero-order valence-electron chi connectivity index (χ0n) is 7.13. The van der Waals surface area contributed by atoms with Crippen LogP contribution in [0.1, 0.15) is 18.0 Å². The van der Waals surface area contributed by atoms with E-state index in [1.807, 2.05) is 0 Å². The zero-order chi connectivity index (χ0) is 9.84. The molecule has 0 heterocycles. The van der Waals surface area contributed by atoms with Crippen molar-refractivity contribution in [2.24, 2.45) is 11.5 Å². The van der Waals surface area contributed by atoms with Crippen molar-refractivity contribution in [3.05, 3.63) is 34.1 Å². The van der Waals surface area contributed by atoms with Gasteiger partial charge in [-0.2, -0.15) is 0 Å². The summed E-state index contributed by atoms with van der Waals surface area (Å²) < 4.78 is 13.8. The first-order chi connectivity index (χ1) is 6.16. The van der Waals surface area contributed by atoms with Gasteiger partial charge in [0.2, 0.25) is 0 Å². The Hall–Kier alpha value is -0.450. The van der Waals surface area contributed by atoms with Crippen LogP contribution in [0.25, 0.3) is 0 Å². The van der Waals surface area contributed by atoms with Crippen LogP contribution < -0.4 is 11.5 Å². The van der Waals surface area contributed by atoms with E-state index in [2.05, 4.69) is 15.9 Å². The highest BCUT2D eigenvalue weighted by Gasteiger charge is 2.12. The summed E-state index contributed by atoms with van der Waals surface area (Å²) in [6, 6.07) is 4.77. The molecule has 1 atom stereocenters. The van der Waals surface area contributed by atoms with E-state index in [1.54, 1.807) is 18.2 Å². The predicted molar refractivity (Wildman–Crippen MR) is 54.7 cm³/mol. The van der Waals surface area contributed by atoms with Gasteiger partial charge in [-0.1, -0.05) is 12.1 Å². The summed E-state index contributed by atoms with van der Waals surface area (Å²) in [5.41, 5.74) is 11.6. The van der Waals surface area contributed by atoms with Crippen molar-refractivity contribution in [3.63, 3.8) is 0 Å². The fraction of sp³-hybridized carbons (Fsp3) is 0.333. The van der Waals surface area contributed by atoms with Gasteiger partial charge in [-0.3, -0.25) is 0 Å². The third-order valence-electron chi connectivity index (χ3n) is 1.86.